The van der Waals surface area contributed by atoms with Crippen LogP contribution in [0.5, 0.6) is 0 Å². The molecule has 1 atom stereocenters. The van der Waals surface area contributed by atoms with Crippen LogP contribution in [0, 0.1) is 12.8 Å². The summed E-state index contributed by atoms with van der Waals surface area (Å²) in [4.78, 5) is 27.3. The third-order valence-electron chi connectivity index (χ3n) is 4.64. The van der Waals surface area contributed by atoms with Crippen LogP contribution in [0.3, 0.4) is 0 Å². The number of halogens is 2. The Morgan fingerprint density at radius 1 is 1.14 bits per heavy atom. The number of Topliss-reactive ketones (excluding diaryl/α,β-unsaturated/α-hetero) is 1. The highest BCUT2D eigenvalue weighted by atomic mass is 35.5. The zero-order valence-electron chi connectivity index (χ0n) is 15.9. The minimum atomic E-state index is -0.726. The molecule has 0 bridgehead atoms. The number of nitrogens with zero attached hydrogens (tertiary/aromatic N) is 1. The van der Waals surface area contributed by atoms with Crippen LogP contribution in [0.1, 0.15) is 37.4 Å². The van der Waals surface area contributed by atoms with Gasteiger partial charge >= 0.3 is 0 Å². The lowest BCUT2D eigenvalue weighted by molar-refractivity contribution is -0.118. The number of hydrogen-bond acceptors (Lipinski definition) is 3. The highest BCUT2D eigenvalue weighted by molar-refractivity contribution is 6.42. The second-order valence-corrected chi connectivity index (χ2v) is 8.19. The molecular formula is C22H21Cl2NO3. The average Bonchev–Trinajstić information content (AvgIpc) is 2.88. The first kappa shape index (κ1) is 20.4. The number of rotatable bonds is 5. The third-order valence-corrected chi connectivity index (χ3v) is 5.38. The highest BCUT2D eigenvalue weighted by Gasteiger charge is 2.44. The second-order valence-electron chi connectivity index (χ2n) is 7.37. The van der Waals surface area contributed by atoms with Gasteiger partial charge in [-0.1, -0.05) is 66.9 Å². The molecule has 1 aliphatic heterocycles. The van der Waals surface area contributed by atoms with Crippen molar-refractivity contribution in [2.45, 2.75) is 33.2 Å². The second kappa shape index (κ2) is 7.98. The van der Waals surface area contributed by atoms with Crippen LogP contribution in [-0.4, -0.2) is 16.8 Å². The Labute approximate surface area is 174 Å². The van der Waals surface area contributed by atoms with E-state index < -0.39 is 17.7 Å². The fourth-order valence-electron chi connectivity index (χ4n) is 3.43. The monoisotopic (exact) mass is 417 g/mol. The summed E-state index contributed by atoms with van der Waals surface area (Å²) in [7, 11) is 0. The van der Waals surface area contributed by atoms with Crippen LogP contribution in [0.4, 0.5) is 5.69 Å². The van der Waals surface area contributed by atoms with Gasteiger partial charge in [0.2, 0.25) is 0 Å². The molecule has 0 radical (unpaired) electrons. The number of anilines is 1. The van der Waals surface area contributed by atoms with E-state index in [1.807, 2.05) is 45.0 Å². The molecule has 1 heterocycles. The molecule has 2 aromatic rings. The number of aryl methyl sites for hydroxylation is 1. The van der Waals surface area contributed by atoms with Crippen molar-refractivity contribution in [1.82, 2.24) is 0 Å². The quantitative estimate of drug-likeness (QED) is 0.666. The predicted molar refractivity (Wildman–Crippen MR) is 112 cm³/mol. The van der Waals surface area contributed by atoms with Gasteiger partial charge in [0.1, 0.15) is 0 Å². The summed E-state index contributed by atoms with van der Waals surface area (Å²) >= 11 is 12.2. The number of aliphatic hydroxyl groups is 1. The molecular weight excluding hydrogens is 397 g/mol. The average molecular weight is 418 g/mol. The first-order chi connectivity index (χ1) is 13.2. The Morgan fingerprint density at radius 2 is 1.86 bits per heavy atom. The summed E-state index contributed by atoms with van der Waals surface area (Å²) in [6.45, 7) is 5.78. The number of aliphatic hydroxyl groups excluding tert-OH is 1. The molecule has 3 rings (SSSR count). The highest BCUT2D eigenvalue weighted by Crippen LogP contribution is 2.43. The van der Waals surface area contributed by atoms with Gasteiger partial charge in [0.05, 0.1) is 21.7 Å². The van der Waals surface area contributed by atoms with Crippen LogP contribution in [0.25, 0.3) is 0 Å². The Hall–Kier alpha value is -2.30. The van der Waals surface area contributed by atoms with Gasteiger partial charge < -0.3 is 5.11 Å². The minimum Gasteiger partial charge on any atom is -0.503 e. The zero-order valence-corrected chi connectivity index (χ0v) is 17.4. The molecule has 1 unspecified atom stereocenters. The van der Waals surface area contributed by atoms with E-state index in [0.717, 1.165) is 11.1 Å². The van der Waals surface area contributed by atoms with Crippen molar-refractivity contribution >= 4 is 40.6 Å². The summed E-state index contributed by atoms with van der Waals surface area (Å²) < 4.78 is 0. The van der Waals surface area contributed by atoms with Crippen molar-refractivity contribution in [2.24, 2.45) is 5.92 Å². The summed E-state index contributed by atoms with van der Waals surface area (Å²) in [6.07, 6.45) is 0.240. The van der Waals surface area contributed by atoms with Crippen molar-refractivity contribution in [3.63, 3.8) is 0 Å². The van der Waals surface area contributed by atoms with Gasteiger partial charge in [-0.3, -0.25) is 14.5 Å². The van der Waals surface area contributed by atoms with Crippen molar-refractivity contribution in [3.05, 3.63) is 75.0 Å². The Morgan fingerprint density at radius 3 is 2.46 bits per heavy atom. The van der Waals surface area contributed by atoms with E-state index in [1.165, 1.54) is 4.90 Å². The molecule has 28 heavy (non-hydrogen) atoms. The van der Waals surface area contributed by atoms with E-state index in [2.05, 4.69) is 0 Å². The molecule has 0 spiro atoms. The van der Waals surface area contributed by atoms with Crippen LogP contribution >= 0.6 is 23.2 Å². The van der Waals surface area contributed by atoms with Gasteiger partial charge in [0.25, 0.3) is 5.91 Å². The maximum atomic E-state index is 13.0. The molecule has 0 fully saturated rings. The molecule has 0 aliphatic carbocycles. The lowest BCUT2D eigenvalue weighted by Crippen LogP contribution is -2.31. The van der Waals surface area contributed by atoms with Gasteiger partial charge in [0.15, 0.2) is 11.5 Å². The normalized spacial score (nSPS) is 17.0. The van der Waals surface area contributed by atoms with E-state index in [-0.39, 0.29) is 28.7 Å². The number of amides is 1. The van der Waals surface area contributed by atoms with Gasteiger partial charge in [-0.25, -0.2) is 0 Å². The predicted octanol–water partition coefficient (Wildman–Crippen LogP) is 5.82. The Bertz CT molecular complexity index is 981. The fraction of sp³-hybridized carbons (Fsp3) is 0.273. The molecule has 146 valence electrons. The molecule has 6 heteroatoms. The summed E-state index contributed by atoms with van der Waals surface area (Å²) in [6, 6.07) is 11.6. The van der Waals surface area contributed by atoms with Gasteiger partial charge in [-0.2, -0.15) is 0 Å². The number of carbonyl (C=O) groups excluding carboxylic acids is 2. The van der Waals surface area contributed by atoms with Gasteiger partial charge in [-0.15, -0.1) is 0 Å². The third kappa shape index (κ3) is 3.80. The topological polar surface area (TPSA) is 57.6 Å². The summed E-state index contributed by atoms with van der Waals surface area (Å²) in [5, 5.41) is 11.3. The standard InChI is InChI=1S/C22H21Cl2NO3/c1-12(2)9-18(26)19-20(14-6-4-5-13(3)10-14)25(22(28)21(19)27)15-7-8-16(23)17(24)11-15/h4-8,10-12,20,27H,9H2,1-3H3. The SMILES string of the molecule is Cc1cccc(C2C(C(=O)CC(C)C)=C(O)C(=O)N2c2ccc(Cl)c(Cl)c2)c1. The van der Waals surface area contributed by atoms with E-state index in [1.54, 1.807) is 18.2 Å². The molecule has 4 nitrogen and oxygen atoms in total. The van der Waals surface area contributed by atoms with Crippen molar-refractivity contribution < 1.29 is 14.7 Å². The van der Waals surface area contributed by atoms with Crippen LogP contribution in [0.15, 0.2) is 53.8 Å². The van der Waals surface area contributed by atoms with E-state index in [4.69, 9.17) is 23.2 Å². The van der Waals surface area contributed by atoms with Gasteiger partial charge in [-0.05, 0) is 36.6 Å². The Balaban J connectivity index is 2.17. The molecule has 2 aromatic carbocycles. The van der Waals surface area contributed by atoms with Gasteiger partial charge in [0, 0.05) is 12.1 Å². The van der Waals surface area contributed by atoms with Crippen molar-refractivity contribution in [2.75, 3.05) is 4.90 Å². The van der Waals surface area contributed by atoms with Crippen LogP contribution in [0.2, 0.25) is 10.0 Å². The number of ketones is 1. The van der Waals surface area contributed by atoms with E-state index in [9.17, 15) is 14.7 Å². The maximum Gasteiger partial charge on any atom is 0.294 e. The van der Waals surface area contributed by atoms with Crippen molar-refractivity contribution in [3.8, 4) is 0 Å². The zero-order chi connectivity index (χ0) is 20.6. The maximum absolute atomic E-state index is 13.0. The molecule has 1 amide bonds. The van der Waals surface area contributed by atoms with E-state index in [0.29, 0.717) is 10.7 Å². The summed E-state index contributed by atoms with van der Waals surface area (Å²) in [5.41, 5.74) is 2.32. The lowest BCUT2D eigenvalue weighted by Gasteiger charge is -2.27. The van der Waals surface area contributed by atoms with Crippen molar-refractivity contribution in [1.29, 1.82) is 0 Å². The summed E-state index contributed by atoms with van der Waals surface area (Å²) in [5.74, 6) is -1.28. The van der Waals surface area contributed by atoms with E-state index >= 15 is 0 Å². The molecule has 1 N–H and O–H groups in total. The smallest absolute Gasteiger partial charge is 0.294 e. The molecule has 0 saturated heterocycles. The first-order valence-corrected chi connectivity index (χ1v) is 9.77. The van der Waals surface area contributed by atoms with Crippen LogP contribution < -0.4 is 4.90 Å². The number of carbonyl (C=O) groups is 2. The minimum absolute atomic E-state index is 0.0973. The molecule has 0 saturated carbocycles. The molecule has 1 aliphatic rings. The fourth-order valence-corrected chi connectivity index (χ4v) is 3.72. The Kier molecular flexibility index (Phi) is 5.82. The van der Waals surface area contributed by atoms with Crippen LogP contribution in [-0.2, 0) is 9.59 Å². The number of hydrogen-bond donors (Lipinski definition) is 1. The first-order valence-electron chi connectivity index (χ1n) is 9.02. The lowest BCUT2D eigenvalue weighted by atomic mass is 9.91. The molecule has 0 aromatic heterocycles. The number of benzene rings is 2. The largest absolute Gasteiger partial charge is 0.503 e.